The van der Waals surface area contributed by atoms with Crippen molar-refractivity contribution in [2.24, 2.45) is 0 Å². The van der Waals surface area contributed by atoms with E-state index in [-0.39, 0.29) is 22.4 Å². The van der Waals surface area contributed by atoms with Crippen LogP contribution in [0.1, 0.15) is 29.7 Å². The van der Waals surface area contributed by atoms with E-state index >= 15 is 0 Å². The number of pyridine rings is 1. The van der Waals surface area contributed by atoms with Gasteiger partial charge in [-0.15, -0.1) is 0 Å². The number of likely N-dealkylation sites (tertiary alicyclic amines) is 1. The first-order valence-electron chi connectivity index (χ1n) is 6.72. The van der Waals surface area contributed by atoms with Gasteiger partial charge in [-0.1, -0.05) is 11.8 Å². The van der Waals surface area contributed by atoms with Crippen molar-refractivity contribution in [3.63, 3.8) is 0 Å². The minimum Gasteiger partial charge on any atom is -0.342 e. The molecule has 118 valence electrons. The molecule has 1 aromatic rings. The first-order valence-corrected chi connectivity index (χ1v) is 7.71. The van der Waals surface area contributed by atoms with E-state index in [0.717, 1.165) is 30.7 Å². The highest BCUT2D eigenvalue weighted by molar-refractivity contribution is 8.00. The first-order chi connectivity index (χ1) is 10.3. The number of thioether (sulfide) groups is 1. The Balaban J connectivity index is 2.21. The number of alkyl halides is 3. The zero-order valence-electron chi connectivity index (χ0n) is 11.9. The van der Waals surface area contributed by atoms with Crippen LogP contribution >= 0.6 is 11.8 Å². The van der Waals surface area contributed by atoms with Gasteiger partial charge in [0.05, 0.1) is 16.9 Å². The highest BCUT2D eigenvalue weighted by atomic mass is 32.2. The van der Waals surface area contributed by atoms with Gasteiger partial charge in [0.15, 0.2) is 0 Å². The van der Waals surface area contributed by atoms with Crippen molar-refractivity contribution < 1.29 is 18.0 Å². The third-order valence-electron chi connectivity index (χ3n) is 3.32. The summed E-state index contributed by atoms with van der Waals surface area (Å²) in [6.45, 7) is 2.79. The number of nitrogens with zero attached hydrogens (tertiary/aromatic N) is 3. The second-order valence-corrected chi connectivity index (χ2v) is 5.94. The molecule has 1 aliphatic heterocycles. The quantitative estimate of drug-likeness (QED) is 0.800. The molecule has 1 saturated heterocycles. The molecule has 0 bridgehead atoms. The number of aryl methyl sites for hydroxylation is 1. The number of aromatic nitrogens is 1. The van der Waals surface area contributed by atoms with Crippen LogP contribution in [-0.4, -0.2) is 34.6 Å². The molecule has 0 atom stereocenters. The molecular weight excluding hydrogens is 315 g/mol. The van der Waals surface area contributed by atoms with Gasteiger partial charge >= 0.3 is 6.18 Å². The van der Waals surface area contributed by atoms with Crippen LogP contribution in [-0.2, 0) is 11.0 Å². The molecule has 1 fully saturated rings. The maximum absolute atomic E-state index is 13.0. The second-order valence-electron chi connectivity index (χ2n) is 4.98. The van der Waals surface area contributed by atoms with Gasteiger partial charge in [-0.05, 0) is 25.8 Å². The number of rotatable bonds is 3. The number of carbonyl (C=O) groups excluding carboxylic acids is 1. The molecule has 2 heterocycles. The molecule has 1 aliphatic rings. The van der Waals surface area contributed by atoms with Crippen molar-refractivity contribution in [1.29, 1.82) is 5.26 Å². The second kappa shape index (κ2) is 6.57. The van der Waals surface area contributed by atoms with Gasteiger partial charge in [-0.3, -0.25) is 4.79 Å². The van der Waals surface area contributed by atoms with Crippen LogP contribution in [0.3, 0.4) is 0 Å². The van der Waals surface area contributed by atoms with E-state index in [1.165, 1.54) is 6.92 Å². The molecule has 22 heavy (non-hydrogen) atoms. The first kappa shape index (κ1) is 16.6. The van der Waals surface area contributed by atoms with Gasteiger partial charge in [0, 0.05) is 18.8 Å². The van der Waals surface area contributed by atoms with Gasteiger partial charge in [-0.2, -0.15) is 18.4 Å². The Morgan fingerprint density at radius 3 is 2.64 bits per heavy atom. The summed E-state index contributed by atoms with van der Waals surface area (Å²) in [4.78, 5) is 17.6. The Labute approximate surface area is 130 Å². The number of carbonyl (C=O) groups is 1. The van der Waals surface area contributed by atoms with Crippen LogP contribution in [0.2, 0.25) is 0 Å². The average molecular weight is 329 g/mol. The number of nitriles is 1. The predicted molar refractivity (Wildman–Crippen MR) is 75.2 cm³/mol. The van der Waals surface area contributed by atoms with Crippen LogP contribution in [0.25, 0.3) is 0 Å². The zero-order valence-corrected chi connectivity index (χ0v) is 12.7. The Hall–Kier alpha value is -1.75. The van der Waals surface area contributed by atoms with Crippen LogP contribution in [0.4, 0.5) is 13.2 Å². The summed E-state index contributed by atoms with van der Waals surface area (Å²) < 4.78 is 38.9. The average Bonchev–Trinajstić information content (AvgIpc) is 2.97. The maximum Gasteiger partial charge on any atom is 0.417 e. The molecule has 0 saturated carbocycles. The molecule has 8 heteroatoms. The van der Waals surface area contributed by atoms with Crippen molar-refractivity contribution in [2.75, 3.05) is 18.8 Å². The lowest BCUT2D eigenvalue weighted by Crippen LogP contribution is -2.29. The summed E-state index contributed by atoms with van der Waals surface area (Å²) in [5.41, 5.74) is -1.35. The number of hydrogen-bond acceptors (Lipinski definition) is 4. The van der Waals surface area contributed by atoms with Crippen LogP contribution in [0.15, 0.2) is 11.1 Å². The van der Waals surface area contributed by atoms with Gasteiger partial charge in [0.1, 0.15) is 11.1 Å². The highest BCUT2D eigenvalue weighted by Gasteiger charge is 2.35. The normalized spacial score (nSPS) is 15.0. The number of hydrogen-bond donors (Lipinski definition) is 0. The molecule has 4 nitrogen and oxygen atoms in total. The van der Waals surface area contributed by atoms with Crippen molar-refractivity contribution in [1.82, 2.24) is 9.88 Å². The lowest BCUT2D eigenvalue weighted by atomic mass is 10.1. The van der Waals surface area contributed by atoms with Gasteiger partial charge in [-0.25, -0.2) is 4.98 Å². The molecule has 0 radical (unpaired) electrons. The minimum atomic E-state index is -4.62. The number of halogens is 3. The Kier molecular flexibility index (Phi) is 4.96. The summed E-state index contributed by atoms with van der Waals surface area (Å²) in [7, 11) is 0. The fourth-order valence-corrected chi connectivity index (χ4v) is 3.22. The monoisotopic (exact) mass is 329 g/mol. The maximum atomic E-state index is 13.0. The predicted octanol–water partition coefficient (Wildman–Crippen LogP) is 3.00. The minimum absolute atomic E-state index is 0.0115. The summed E-state index contributed by atoms with van der Waals surface area (Å²) in [6.07, 6.45) is -2.73. The Bertz CT molecular complexity index is 619. The molecule has 0 spiro atoms. The molecular formula is C14H14F3N3OS. The van der Waals surface area contributed by atoms with Crippen molar-refractivity contribution >= 4 is 17.7 Å². The lowest BCUT2D eigenvalue weighted by molar-refractivity contribution is -0.138. The summed E-state index contributed by atoms with van der Waals surface area (Å²) in [5, 5.41) is 8.99. The smallest absolute Gasteiger partial charge is 0.342 e. The molecule has 0 unspecified atom stereocenters. The van der Waals surface area contributed by atoms with Gasteiger partial charge in [0.2, 0.25) is 5.91 Å². The Morgan fingerprint density at radius 2 is 2.09 bits per heavy atom. The molecule has 1 amide bonds. The van der Waals surface area contributed by atoms with Crippen molar-refractivity contribution in [3.8, 4) is 6.07 Å². The van der Waals surface area contributed by atoms with Crippen LogP contribution in [0.5, 0.6) is 0 Å². The third-order valence-corrected chi connectivity index (χ3v) is 4.28. The SMILES string of the molecule is Cc1cc(C(F)(F)F)c(C#N)c(SCC(=O)N2CCCC2)n1. The third kappa shape index (κ3) is 3.71. The van der Waals surface area contributed by atoms with Crippen LogP contribution in [0, 0.1) is 18.3 Å². The fraction of sp³-hybridized carbons (Fsp3) is 0.500. The zero-order chi connectivity index (χ0) is 16.3. The van der Waals surface area contributed by atoms with E-state index in [1.54, 1.807) is 11.0 Å². The number of amides is 1. The van der Waals surface area contributed by atoms with Gasteiger partial charge < -0.3 is 4.90 Å². The lowest BCUT2D eigenvalue weighted by Gasteiger charge is -2.16. The molecule has 0 aliphatic carbocycles. The van der Waals surface area contributed by atoms with E-state index in [9.17, 15) is 18.0 Å². The Morgan fingerprint density at radius 1 is 1.45 bits per heavy atom. The highest BCUT2D eigenvalue weighted by Crippen LogP contribution is 2.35. The fourth-order valence-electron chi connectivity index (χ4n) is 2.27. The van der Waals surface area contributed by atoms with Crippen molar-refractivity contribution in [3.05, 3.63) is 22.9 Å². The van der Waals surface area contributed by atoms with E-state index in [0.29, 0.717) is 13.1 Å². The standard InChI is InChI=1S/C14H14F3N3OS/c1-9-6-11(14(15,16)17)10(7-18)13(19-9)22-8-12(21)20-4-2-3-5-20/h6H,2-5,8H2,1H3. The summed E-state index contributed by atoms with van der Waals surface area (Å²) in [6, 6.07) is 2.42. The van der Waals surface area contributed by atoms with E-state index in [2.05, 4.69) is 4.98 Å². The van der Waals surface area contributed by atoms with Crippen molar-refractivity contribution in [2.45, 2.75) is 31.0 Å². The molecule has 0 N–H and O–H groups in total. The summed E-state index contributed by atoms with van der Waals surface area (Å²) in [5.74, 6) is -0.147. The molecule has 2 rings (SSSR count). The van der Waals surface area contributed by atoms with E-state index in [4.69, 9.17) is 5.26 Å². The summed E-state index contributed by atoms with van der Waals surface area (Å²) >= 11 is 0.886. The topological polar surface area (TPSA) is 57.0 Å². The molecule has 1 aromatic heterocycles. The largest absolute Gasteiger partial charge is 0.417 e. The van der Waals surface area contributed by atoms with E-state index < -0.39 is 17.3 Å². The van der Waals surface area contributed by atoms with Gasteiger partial charge in [0.25, 0.3) is 0 Å². The molecule has 0 aromatic carbocycles. The van der Waals surface area contributed by atoms with E-state index in [1.807, 2.05) is 0 Å². The van der Waals surface area contributed by atoms with Crippen LogP contribution < -0.4 is 0 Å².